The molecule has 0 spiro atoms. The van der Waals surface area contributed by atoms with Gasteiger partial charge in [-0.05, 0) is 43.0 Å². The topological polar surface area (TPSA) is 55.1 Å². The van der Waals surface area contributed by atoms with E-state index in [0.29, 0.717) is 5.56 Å². The third kappa shape index (κ3) is 3.79. The Hall–Kier alpha value is -1.42. The first-order valence-electron chi connectivity index (χ1n) is 7.39. The highest BCUT2D eigenvalue weighted by Crippen LogP contribution is 2.23. The average Bonchev–Trinajstić information content (AvgIpc) is 2.67. The van der Waals surface area contributed by atoms with Crippen LogP contribution in [-0.4, -0.2) is 11.9 Å². The van der Waals surface area contributed by atoms with Crippen molar-refractivity contribution in [3.05, 3.63) is 35.1 Å². The van der Waals surface area contributed by atoms with Crippen LogP contribution in [0.2, 0.25) is 0 Å². The van der Waals surface area contributed by atoms with E-state index in [1.54, 1.807) is 6.07 Å². The fourth-order valence-corrected chi connectivity index (χ4v) is 2.93. The van der Waals surface area contributed by atoms with Crippen molar-refractivity contribution in [3.8, 4) is 0 Å². The van der Waals surface area contributed by atoms with Crippen molar-refractivity contribution < 1.29 is 9.18 Å². The summed E-state index contributed by atoms with van der Waals surface area (Å²) in [6, 6.07) is 4.19. The minimum absolute atomic E-state index is 0.290. The van der Waals surface area contributed by atoms with E-state index in [4.69, 9.17) is 5.73 Å². The molecule has 4 heteroatoms. The summed E-state index contributed by atoms with van der Waals surface area (Å²) in [7, 11) is 0. The lowest BCUT2D eigenvalue weighted by atomic mass is 9.98. The first-order chi connectivity index (χ1) is 9.58. The first-order valence-corrected chi connectivity index (χ1v) is 7.39. The Balaban J connectivity index is 2.17. The molecule has 0 heterocycles. The zero-order chi connectivity index (χ0) is 14.5. The lowest BCUT2D eigenvalue weighted by Gasteiger charge is -2.24. The van der Waals surface area contributed by atoms with Crippen LogP contribution in [0.5, 0.6) is 0 Å². The molecule has 0 saturated heterocycles. The van der Waals surface area contributed by atoms with E-state index in [2.05, 4.69) is 5.32 Å². The quantitative estimate of drug-likeness (QED) is 0.832. The zero-order valence-electron chi connectivity index (χ0n) is 12.0. The summed E-state index contributed by atoms with van der Waals surface area (Å²) in [6.45, 7) is 1.87. The van der Waals surface area contributed by atoms with Gasteiger partial charge in [-0.1, -0.05) is 31.7 Å². The van der Waals surface area contributed by atoms with Crippen LogP contribution >= 0.6 is 0 Å². The first kappa shape index (κ1) is 15.0. The Morgan fingerprint density at radius 2 is 1.95 bits per heavy atom. The number of carbonyl (C=O) groups is 1. The van der Waals surface area contributed by atoms with E-state index in [1.807, 2.05) is 6.92 Å². The number of hydrogen-bond acceptors (Lipinski definition) is 2. The molecule has 1 aliphatic rings. The number of nitrogens with two attached hydrogens (primary N) is 1. The highest BCUT2D eigenvalue weighted by atomic mass is 19.1. The highest BCUT2D eigenvalue weighted by Gasteiger charge is 2.24. The number of carbonyl (C=O) groups excluding carboxylic acids is 1. The van der Waals surface area contributed by atoms with Gasteiger partial charge in [0, 0.05) is 6.04 Å². The van der Waals surface area contributed by atoms with Gasteiger partial charge in [0.25, 0.3) is 0 Å². The Labute approximate surface area is 119 Å². The number of aryl methyl sites for hydroxylation is 1. The maximum atomic E-state index is 13.4. The number of halogens is 1. The fourth-order valence-electron chi connectivity index (χ4n) is 2.93. The summed E-state index contributed by atoms with van der Waals surface area (Å²) in [5.74, 6) is -0.775. The molecule has 0 aliphatic heterocycles. The molecule has 1 aromatic carbocycles. The van der Waals surface area contributed by atoms with Crippen molar-refractivity contribution >= 4 is 5.91 Å². The summed E-state index contributed by atoms with van der Waals surface area (Å²) in [5, 5.41) is 3.34. The Bertz CT molecular complexity index is 468. The number of nitrogens with one attached hydrogen (secondary N) is 1. The van der Waals surface area contributed by atoms with E-state index in [-0.39, 0.29) is 11.9 Å². The molecular formula is C16H23FN2O. The second-order valence-corrected chi connectivity index (χ2v) is 5.69. The molecule has 0 radical (unpaired) electrons. The standard InChI is InChI=1S/C16H23FN2O/c1-11-8-9-12(17)10-14(11)15(16(18)20)19-13-6-4-2-3-5-7-13/h8-10,13,15,19H,2-7H2,1H3,(H2,18,20). The molecule has 3 nitrogen and oxygen atoms in total. The normalized spacial score (nSPS) is 18.5. The summed E-state index contributed by atoms with van der Waals surface area (Å²) in [5.41, 5.74) is 7.06. The molecular weight excluding hydrogens is 255 g/mol. The summed E-state index contributed by atoms with van der Waals surface area (Å²) < 4.78 is 13.4. The van der Waals surface area contributed by atoms with Crippen LogP contribution < -0.4 is 11.1 Å². The number of rotatable bonds is 4. The van der Waals surface area contributed by atoms with Crippen molar-refractivity contribution in [2.75, 3.05) is 0 Å². The van der Waals surface area contributed by atoms with Crippen LogP contribution in [0.15, 0.2) is 18.2 Å². The third-order valence-corrected chi connectivity index (χ3v) is 4.09. The van der Waals surface area contributed by atoms with Gasteiger partial charge in [-0.2, -0.15) is 0 Å². The van der Waals surface area contributed by atoms with Crippen LogP contribution in [-0.2, 0) is 4.79 Å². The molecule has 110 valence electrons. The van der Waals surface area contributed by atoms with E-state index in [1.165, 1.54) is 37.8 Å². The predicted octanol–water partition coefficient (Wildman–Crippen LogP) is 2.97. The van der Waals surface area contributed by atoms with Gasteiger partial charge in [0.15, 0.2) is 0 Å². The molecule has 1 aliphatic carbocycles. The van der Waals surface area contributed by atoms with E-state index < -0.39 is 11.9 Å². The second-order valence-electron chi connectivity index (χ2n) is 5.69. The molecule has 1 amide bonds. The van der Waals surface area contributed by atoms with Crippen LogP contribution in [0.25, 0.3) is 0 Å². The van der Waals surface area contributed by atoms with Gasteiger partial charge in [-0.25, -0.2) is 4.39 Å². The smallest absolute Gasteiger partial charge is 0.239 e. The SMILES string of the molecule is Cc1ccc(F)cc1C(NC1CCCCCC1)C(N)=O. The minimum atomic E-state index is -0.603. The molecule has 2 rings (SSSR count). The third-order valence-electron chi connectivity index (χ3n) is 4.09. The minimum Gasteiger partial charge on any atom is -0.368 e. The Morgan fingerprint density at radius 3 is 2.55 bits per heavy atom. The van der Waals surface area contributed by atoms with Gasteiger partial charge in [-0.3, -0.25) is 10.1 Å². The molecule has 1 saturated carbocycles. The average molecular weight is 278 g/mol. The number of benzene rings is 1. The van der Waals surface area contributed by atoms with E-state index >= 15 is 0 Å². The molecule has 0 aromatic heterocycles. The second kappa shape index (κ2) is 6.84. The van der Waals surface area contributed by atoms with Crippen molar-refractivity contribution in [3.63, 3.8) is 0 Å². The maximum Gasteiger partial charge on any atom is 0.239 e. The molecule has 1 atom stereocenters. The largest absolute Gasteiger partial charge is 0.368 e. The van der Waals surface area contributed by atoms with Gasteiger partial charge in [0.05, 0.1) is 0 Å². The summed E-state index contributed by atoms with van der Waals surface area (Å²) >= 11 is 0. The summed E-state index contributed by atoms with van der Waals surface area (Å²) in [6.07, 6.45) is 6.95. The summed E-state index contributed by atoms with van der Waals surface area (Å²) in [4.78, 5) is 11.8. The van der Waals surface area contributed by atoms with Gasteiger partial charge >= 0.3 is 0 Å². The highest BCUT2D eigenvalue weighted by molar-refractivity contribution is 5.81. The Morgan fingerprint density at radius 1 is 1.30 bits per heavy atom. The van der Waals surface area contributed by atoms with Crippen LogP contribution in [0.1, 0.15) is 55.7 Å². The lowest BCUT2D eigenvalue weighted by molar-refractivity contribution is -0.120. The monoisotopic (exact) mass is 278 g/mol. The number of hydrogen-bond donors (Lipinski definition) is 2. The van der Waals surface area contributed by atoms with Gasteiger partial charge in [-0.15, -0.1) is 0 Å². The maximum absolute atomic E-state index is 13.4. The number of primary amides is 1. The molecule has 1 fully saturated rings. The van der Waals surface area contributed by atoms with Crippen LogP contribution in [0.4, 0.5) is 4.39 Å². The molecule has 1 unspecified atom stereocenters. The zero-order valence-corrected chi connectivity index (χ0v) is 12.0. The lowest BCUT2D eigenvalue weighted by Crippen LogP contribution is -2.40. The molecule has 20 heavy (non-hydrogen) atoms. The van der Waals surface area contributed by atoms with E-state index in [0.717, 1.165) is 18.4 Å². The van der Waals surface area contributed by atoms with Crippen molar-refractivity contribution in [2.45, 2.75) is 57.5 Å². The molecule has 0 bridgehead atoms. The van der Waals surface area contributed by atoms with E-state index in [9.17, 15) is 9.18 Å². The molecule has 3 N–H and O–H groups in total. The van der Waals surface area contributed by atoms with Crippen molar-refractivity contribution in [2.24, 2.45) is 5.73 Å². The van der Waals surface area contributed by atoms with Crippen molar-refractivity contribution in [1.82, 2.24) is 5.32 Å². The molecule has 1 aromatic rings. The Kier molecular flexibility index (Phi) is 5.12. The van der Waals surface area contributed by atoms with Crippen molar-refractivity contribution in [1.29, 1.82) is 0 Å². The van der Waals surface area contributed by atoms with Gasteiger partial charge in [0.1, 0.15) is 11.9 Å². The number of amides is 1. The van der Waals surface area contributed by atoms with Gasteiger partial charge < -0.3 is 5.73 Å². The van der Waals surface area contributed by atoms with Gasteiger partial charge in [0.2, 0.25) is 5.91 Å². The van der Waals surface area contributed by atoms with Crippen LogP contribution in [0, 0.1) is 12.7 Å². The predicted molar refractivity (Wildman–Crippen MR) is 77.7 cm³/mol. The fraction of sp³-hybridized carbons (Fsp3) is 0.562. The van der Waals surface area contributed by atoms with Crippen LogP contribution in [0.3, 0.4) is 0 Å².